The molecule has 9 nitrogen and oxygen atoms in total. The smallest absolute Gasteiger partial charge is 0.263 e. The van der Waals surface area contributed by atoms with Gasteiger partial charge in [0.25, 0.3) is 5.56 Å². The fourth-order valence-electron chi connectivity index (χ4n) is 3.43. The average molecular weight is 455 g/mol. The highest BCUT2D eigenvalue weighted by Crippen LogP contribution is 2.18. The summed E-state index contributed by atoms with van der Waals surface area (Å²) in [5, 5.41) is 11.6. The lowest BCUT2D eigenvalue weighted by molar-refractivity contribution is -0.111. The number of nitrogens with one attached hydrogen (secondary N) is 2. The molecular formula is C24H18FN7O2. The number of carbonyl (C=O) groups is 1. The summed E-state index contributed by atoms with van der Waals surface area (Å²) < 4.78 is 16.1. The van der Waals surface area contributed by atoms with E-state index in [0.717, 1.165) is 5.56 Å². The fourth-order valence-corrected chi connectivity index (χ4v) is 3.43. The molecule has 0 aliphatic rings. The number of halogens is 1. The SMILES string of the molecule is Cc1cc(NC(=O)/C=C\c2ccccc2)n(-c2nc3c(cnn3-c3ccc(F)cc3)c(=O)[nH]2)n1. The second-order valence-electron chi connectivity index (χ2n) is 7.48. The quantitative estimate of drug-likeness (QED) is 0.395. The van der Waals surface area contributed by atoms with Crippen molar-refractivity contribution in [2.45, 2.75) is 6.92 Å². The van der Waals surface area contributed by atoms with Crippen molar-refractivity contribution in [1.82, 2.24) is 29.5 Å². The van der Waals surface area contributed by atoms with Crippen LogP contribution >= 0.6 is 0 Å². The molecule has 2 N–H and O–H groups in total. The summed E-state index contributed by atoms with van der Waals surface area (Å²) in [4.78, 5) is 32.4. The monoisotopic (exact) mass is 455 g/mol. The number of H-pyrrole nitrogens is 1. The van der Waals surface area contributed by atoms with Gasteiger partial charge in [-0.1, -0.05) is 30.3 Å². The minimum absolute atomic E-state index is 0.0943. The van der Waals surface area contributed by atoms with Crippen LogP contribution in [-0.2, 0) is 4.79 Å². The van der Waals surface area contributed by atoms with Crippen molar-refractivity contribution in [3.8, 4) is 11.6 Å². The third kappa shape index (κ3) is 4.11. The summed E-state index contributed by atoms with van der Waals surface area (Å²) >= 11 is 0. The van der Waals surface area contributed by atoms with Crippen LogP contribution in [0.25, 0.3) is 28.7 Å². The molecule has 10 heteroatoms. The van der Waals surface area contributed by atoms with Crippen molar-refractivity contribution in [1.29, 1.82) is 0 Å². The lowest BCUT2D eigenvalue weighted by Crippen LogP contribution is -2.18. The van der Waals surface area contributed by atoms with E-state index < -0.39 is 5.56 Å². The average Bonchev–Trinajstić information content (AvgIpc) is 3.42. The predicted molar refractivity (Wildman–Crippen MR) is 125 cm³/mol. The molecule has 3 heterocycles. The molecule has 2 aromatic carbocycles. The molecule has 0 spiro atoms. The Morgan fingerprint density at radius 1 is 1.09 bits per heavy atom. The second kappa shape index (κ2) is 8.58. The molecule has 3 aromatic heterocycles. The molecule has 0 fully saturated rings. The molecule has 0 aliphatic heterocycles. The third-order valence-corrected chi connectivity index (χ3v) is 5.01. The van der Waals surface area contributed by atoms with Gasteiger partial charge in [0.1, 0.15) is 17.0 Å². The van der Waals surface area contributed by atoms with Crippen molar-refractivity contribution in [3.05, 3.63) is 100 Å². The molecule has 0 unspecified atom stereocenters. The number of hydrogen-bond acceptors (Lipinski definition) is 5. The Morgan fingerprint density at radius 3 is 2.62 bits per heavy atom. The van der Waals surface area contributed by atoms with Gasteiger partial charge in [-0.2, -0.15) is 19.9 Å². The molecule has 0 atom stereocenters. The number of aryl methyl sites for hydroxylation is 1. The summed E-state index contributed by atoms with van der Waals surface area (Å²) in [6, 6.07) is 16.7. The van der Waals surface area contributed by atoms with E-state index in [1.807, 2.05) is 30.3 Å². The second-order valence-corrected chi connectivity index (χ2v) is 7.48. The minimum Gasteiger partial charge on any atom is -0.307 e. The van der Waals surface area contributed by atoms with Gasteiger partial charge >= 0.3 is 0 Å². The Bertz CT molecular complexity index is 1580. The molecule has 0 saturated heterocycles. The zero-order valence-corrected chi connectivity index (χ0v) is 17.9. The first-order valence-corrected chi connectivity index (χ1v) is 10.3. The number of amides is 1. The van der Waals surface area contributed by atoms with Crippen LogP contribution in [0.2, 0.25) is 0 Å². The van der Waals surface area contributed by atoms with Crippen molar-refractivity contribution in [2.24, 2.45) is 0 Å². The first kappa shape index (κ1) is 21.0. The molecule has 1 amide bonds. The Kier molecular flexibility index (Phi) is 5.30. The summed E-state index contributed by atoms with van der Waals surface area (Å²) in [5.41, 5.74) is 1.86. The van der Waals surface area contributed by atoms with Crippen LogP contribution in [-0.4, -0.2) is 35.4 Å². The summed E-state index contributed by atoms with van der Waals surface area (Å²) in [7, 11) is 0. The summed E-state index contributed by atoms with van der Waals surface area (Å²) in [6.45, 7) is 1.76. The van der Waals surface area contributed by atoms with Gasteiger partial charge in [-0.15, -0.1) is 0 Å². The van der Waals surface area contributed by atoms with Crippen LogP contribution < -0.4 is 10.9 Å². The maximum absolute atomic E-state index is 13.3. The van der Waals surface area contributed by atoms with E-state index in [1.54, 1.807) is 19.1 Å². The van der Waals surface area contributed by atoms with Crippen molar-refractivity contribution >= 4 is 28.8 Å². The van der Waals surface area contributed by atoms with Crippen molar-refractivity contribution < 1.29 is 9.18 Å². The molecule has 0 aliphatic carbocycles. The maximum atomic E-state index is 13.3. The van der Waals surface area contributed by atoms with Crippen molar-refractivity contribution in [2.75, 3.05) is 5.32 Å². The highest BCUT2D eigenvalue weighted by molar-refractivity contribution is 6.01. The van der Waals surface area contributed by atoms with Gasteiger partial charge in [0.2, 0.25) is 11.9 Å². The number of carbonyl (C=O) groups excluding carboxylic acids is 1. The number of aromatic amines is 1. The van der Waals surface area contributed by atoms with Crippen LogP contribution in [0, 0.1) is 12.7 Å². The largest absolute Gasteiger partial charge is 0.307 e. The highest BCUT2D eigenvalue weighted by Gasteiger charge is 2.16. The molecule has 0 radical (unpaired) electrons. The zero-order valence-electron chi connectivity index (χ0n) is 17.9. The topological polar surface area (TPSA) is 110 Å². The van der Waals surface area contributed by atoms with E-state index in [9.17, 15) is 14.0 Å². The number of aromatic nitrogens is 6. The van der Waals surface area contributed by atoms with Crippen LogP contribution in [0.15, 0.2) is 77.7 Å². The van der Waals surface area contributed by atoms with Gasteiger partial charge in [-0.3, -0.25) is 14.6 Å². The first-order valence-electron chi connectivity index (χ1n) is 10.3. The van der Waals surface area contributed by atoms with E-state index in [0.29, 0.717) is 17.2 Å². The number of rotatable bonds is 5. The van der Waals surface area contributed by atoms with Gasteiger partial charge in [-0.25, -0.2) is 9.07 Å². The Balaban J connectivity index is 1.51. The standard InChI is InChI=1S/C24H18FN7O2/c1-15-13-20(27-21(33)12-7-16-5-3-2-4-6-16)32(30-15)24-28-22-19(23(34)29-24)14-26-31(22)18-10-8-17(25)9-11-18/h2-14H,1H3,(H,27,33)(H,28,29,34)/b12-7-. The summed E-state index contributed by atoms with van der Waals surface area (Å²) in [6.07, 6.45) is 4.49. The Hall–Kier alpha value is -4.86. The number of hydrogen-bond donors (Lipinski definition) is 2. The minimum atomic E-state index is -0.428. The maximum Gasteiger partial charge on any atom is 0.263 e. The van der Waals surface area contributed by atoms with Gasteiger partial charge in [0.15, 0.2) is 5.65 Å². The number of anilines is 1. The van der Waals surface area contributed by atoms with Crippen LogP contribution in [0.4, 0.5) is 10.2 Å². The Morgan fingerprint density at radius 2 is 1.85 bits per heavy atom. The van der Waals surface area contributed by atoms with E-state index in [-0.39, 0.29) is 28.7 Å². The number of benzene rings is 2. The van der Waals surface area contributed by atoms with Gasteiger partial charge in [0.05, 0.1) is 17.6 Å². The number of nitrogens with zero attached hydrogens (tertiary/aromatic N) is 5. The van der Waals surface area contributed by atoms with E-state index in [4.69, 9.17) is 0 Å². The first-order chi connectivity index (χ1) is 16.5. The zero-order chi connectivity index (χ0) is 23.7. The molecule has 0 saturated carbocycles. The lowest BCUT2D eigenvalue weighted by Gasteiger charge is -2.08. The Labute approximate surface area is 192 Å². The van der Waals surface area contributed by atoms with Crippen molar-refractivity contribution in [3.63, 3.8) is 0 Å². The lowest BCUT2D eigenvalue weighted by atomic mass is 10.2. The molecule has 168 valence electrons. The van der Waals surface area contributed by atoms with Gasteiger partial charge in [0, 0.05) is 12.1 Å². The third-order valence-electron chi connectivity index (χ3n) is 5.01. The predicted octanol–water partition coefficient (Wildman–Crippen LogP) is 3.39. The summed E-state index contributed by atoms with van der Waals surface area (Å²) in [5.74, 6) is -0.336. The molecular weight excluding hydrogens is 437 g/mol. The molecule has 34 heavy (non-hydrogen) atoms. The molecule has 5 aromatic rings. The van der Waals surface area contributed by atoms with Crippen LogP contribution in [0.1, 0.15) is 11.3 Å². The number of fused-ring (bicyclic) bond motifs is 1. The fraction of sp³-hybridized carbons (Fsp3) is 0.0417. The van der Waals surface area contributed by atoms with Crippen LogP contribution in [0.5, 0.6) is 0 Å². The van der Waals surface area contributed by atoms with E-state index >= 15 is 0 Å². The van der Waals surface area contributed by atoms with E-state index in [1.165, 1.54) is 45.9 Å². The highest BCUT2D eigenvalue weighted by atomic mass is 19.1. The normalized spacial score (nSPS) is 11.4. The molecule has 0 bridgehead atoms. The van der Waals surface area contributed by atoms with Gasteiger partial charge in [-0.05, 0) is 42.8 Å². The van der Waals surface area contributed by atoms with E-state index in [2.05, 4.69) is 25.5 Å². The van der Waals surface area contributed by atoms with Crippen LogP contribution in [0.3, 0.4) is 0 Å². The molecule has 5 rings (SSSR count). The van der Waals surface area contributed by atoms with Gasteiger partial charge < -0.3 is 5.32 Å².